The molecule has 0 aromatic heterocycles. The van der Waals surface area contributed by atoms with E-state index >= 15 is 0 Å². The minimum atomic E-state index is -1.33. The van der Waals surface area contributed by atoms with Crippen molar-refractivity contribution in [2.24, 2.45) is 5.16 Å². The zero-order valence-electron chi connectivity index (χ0n) is 9.35. The molecule has 1 aromatic carbocycles. The Morgan fingerprint density at radius 3 is 2.56 bits per heavy atom. The van der Waals surface area contributed by atoms with Crippen LogP contribution in [0, 0.1) is 10.1 Å². The van der Waals surface area contributed by atoms with Gasteiger partial charge in [-0.25, -0.2) is 4.79 Å². The molecule has 0 aliphatic carbocycles. The fourth-order valence-electron chi connectivity index (χ4n) is 1.05. The largest absolute Gasteiger partial charge is 0.478 e. The summed E-state index contributed by atoms with van der Waals surface area (Å²) >= 11 is 0. The molecule has 0 saturated carbocycles. The molecule has 0 amide bonds. The number of carbonyl (C=O) groups is 1. The molecule has 1 rings (SSSR count). The van der Waals surface area contributed by atoms with Gasteiger partial charge in [0.05, 0.1) is 11.1 Å². The summed E-state index contributed by atoms with van der Waals surface area (Å²) in [5, 5.41) is 22.5. The van der Waals surface area contributed by atoms with Crippen molar-refractivity contribution in [2.45, 2.75) is 6.10 Å². The molecule has 8 heteroatoms. The highest BCUT2D eigenvalue weighted by Gasteiger charge is 2.17. The number of hydrogen-bond donors (Lipinski definition) is 1. The van der Waals surface area contributed by atoms with Crippen molar-refractivity contribution in [3.8, 4) is 5.75 Å². The van der Waals surface area contributed by atoms with Gasteiger partial charge in [0, 0.05) is 12.1 Å². The fourth-order valence-corrected chi connectivity index (χ4v) is 1.05. The number of carboxylic acids is 1. The van der Waals surface area contributed by atoms with Gasteiger partial charge in [-0.05, 0) is 12.1 Å². The number of rotatable bonds is 6. The van der Waals surface area contributed by atoms with E-state index in [1.807, 2.05) is 0 Å². The van der Waals surface area contributed by atoms with Crippen LogP contribution < -0.4 is 4.74 Å². The Kier molecular flexibility index (Phi) is 4.61. The van der Waals surface area contributed by atoms with Gasteiger partial charge in [0.1, 0.15) is 12.9 Å². The second kappa shape index (κ2) is 6.18. The highest BCUT2D eigenvalue weighted by Crippen LogP contribution is 2.18. The van der Waals surface area contributed by atoms with E-state index in [4.69, 9.17) is 9.84 Å². The summed E-state index contributed by atoms with van der Waals surface area (Å²) < 4.78 is 5.06. The third-order valence-corrected chi connectivity index (χ3v) is 1.86. The molecule has 1 aromatic rings. The van der Waals surface area contributed by atoms with Gasteiger partial charge in [0.15, 0.2) is 0 Å². The molecule has 0 radical (unpaired) electrons. The van der Waals surface area contributed by atoms with Crippen LogP contribution in [0.3, 0.4) is 0 Å². The van der Waals surface area contributed by atoms with Crippen molar-refractivity contribution in [2.75, 3.05) is 7.11 Å². The van der Waals surface area contributed by atoms with Crippen molar-refractivity contribution < 1.29 is 24.4 Å². The molecule has 0 bridgehead atoms. The molecule has 0 aliphatic rings. The third kappa shape index (κ3) is 3.74. The summed E-state index contributed by atoms with van der Waals surface area (Å²) in [7, 11) is 1.27. The fraction of sp³-hybridized carbons (Fsp3) is 0.200. The quantitative estimate of drug-likeness (QED) is 0.461. The number of nitrogens with zero attached hydrogens (tertiary/aromatic N) is 2. The Morgan fingerprint density at radius 2 is 2.11 bits per heavy atom. The Balaban J connectivity index is 2.78. The van der Waals surface area contributed by atoms with Gasteiger partial charge in [-0.3, -0.25) is 10.1 Å². The second-order valence-corrected chi connectivity index (χ2v) is 3.06. The van der Waals surface area contributed by atoms with Crippen LogP contribution >= 0.6 is 0 Å². The SMILES string of the molecule is CON=CC(Oc1ccc([N+](=O)[O-])cc1)C(=O)O. The summed E-state index contributed by atoms with van der Waals surface area (Å²) in [5.74, 6) is -1.08. The van der Waals surface area contributed by atoms with Crippen LogP contribution in [0.1, 0.15) is 0 Å². The predicted octanol–water partition coefficient (Wildman–Crippen LogP) is 1.06. The molecule has 0 spiro atoms. The van der Waals surface area contributed by atoms with Gasteiger partial charge >= 0.3 is 5.97 Å². The number of non-ortho nitro benzene ring substituents is 1. The zero-order chi connectivity index (χ0) is 13.5. The molecule has 1 N–H and O–H groups in total. The first-order chi connectivity index (χ1) is 8.54. The smallest absolute Gasteiger partial charge is 0.350 e. The van der Waals surface area contributed by atoms with E-state index < -0.39 is 17.0 Å². The standard InChI is InChI=1S/C10H10N2O6/c1-17-11-6-9(10(13)14)18-8-4-2-7(3-5-8)12(15)16/h2-6,9H,1H3,(H,13,14). The van der Waals surface area contributed by atoms with E-state index in [0.29, 0.717) is 0 Å². The Bertz CT molecular complexity index is 456. The number of ether oxygens (including phenoxy) is 1. The maximum Gasteiger partial charge on any atom is 0.350 e. The van der Waals surface area contributed by atoms with Gasteiger partial charge < -0.3 is 14.7 Å². The molecule has 96 valence electrons. The Hall–Kier alpha value is -2.64. The van der Waals surface area contributed by atoms with Crippen molar-refractivity contribution in [1.29, 1.82) is 0 Å². The molecule has 8 nitrogen and oxygen atoms in total. The van der Waals surface area contributed by atoms with E-state index in [9.17, 15) is 14.9 Å². The molecule has 1 atom stereocenters. The average molecular weight is 254 g/mol. The van der Waals surface area contributed by atoms with Gasteiger partial charge in [0.2, 0.25) is 6.10 Å². The van der Waals surface area contributed by atoms with Crippen LogP contribution in [0.5, 0.6) is 5.75 Å². The van der Waals surface area contributed by atoms with Gasteiger partial charge in [-0.1, -0.05) is 5.16 Å². The molecule has 0 saturated heterocycles. The van der Waals surface area contributed by atoms with Crippen molar-refractivity contribution >= 4 is 17.9 Å². The summed E-state index contributed by atoms with van der Waals surface area (Å²) in [6.07, 6.45) is -0.365. The number of nitro groups is 1. The number of carboxylic acid groups (broad SMARTS) is 1. The maximum atomic E-state index is 10.8. The lowest BCUT2D eigenvalue weighted by Gasteiger charge is -2.09. The zero-order valence-corrected chi connectivity index (χ0v) is 9.35. The monoisotopic (exact) mass is 254 g/mol. The number of benzene rings is 1. The first-order valence-corrected chi connectivity index (χ1v) is 4.75. The van der Waals surface area contributed by atoms with Gasteiger partial charge in [-0.15, -0.1) is 0 Å². The lowest BCUT2D eigenvalue weighted by atomic mass is 10.3. The highest BCUT2D eigenvalue weighted by molar-refractivity contribution is 5.91. The molecular formula is C10H10N2O6. The van der Waals surface area contributed by atoms with E-state index in [1.165, 1.54) is 31.4 Å². The van der Waals surface area contributed by atoms with E-state index in [-0.39, 0.29) is 11.4 Å². The minimum Gasteiger partial charge on any atom is -0.478 e. The summed E-state index contributed by atoms with van der Waals surface area (Å²) in [6, 6.07) is 5.02. The topological polar surface area (TPSA) is 111 Å². The Morgan fingerprint density at radius 1 is 1.50 bits per heavy atom. The lowest BCUT2D eigenvalue weighted by Crippen LogP contribution is -2.28. The molecular weight excluding hydrogens is 244 g/mol. The number of nitro benzene ring substituents is 1. The lowest BCUT2D eigenvalue weighted by molar-refractivity contribution is -0.384. The van der Waals surface area contributed by atoms with Crippen LogP contribution in [0.25, 0.3) is 0 Å². The highest BCUT2D eigenvalue weighted by atomic mass is 16.6. The van der Waals surface area contributed by atoms with E-state index in [0.717, 1.165) is 6.21 Å². The number of aliphatic carboxylic acids is 1. The molecule has 0 aliphatic heterocycles. The number of oxime groups is 1. The van der Waals surface area contributed by atoms with Crippen molar-refractivity contribution in [3.63, 3.8) is 0 Å². The Labute approximate surface area is 102 Å². The van der Waals surface area contributed by atoms with E-state index in [1.54, 1.807) is 0 Å². The predicted molar refractivity (Wildman–Crippen MR) is 60.6 cm³/mol. The summed E-state index contributed by atoms with van der Waals surface area (Å²) in [6.45, 7) is 0. The molecule has 0 heterocycles. The van der Waals surface area contributed by atoms with Crippen molar-refractivity contribution in [1.82, 2.24) is 0 Å². The molecule has 0 fully saturated rings. The number of hydrogen-bond acceptors (Lipinski definition) is 6. The summed E-state index contributed by atoms with van der Waals surface area (Å²) in [4.78, 5) is 25.0. The van der Waals surface area contributed by atoms with Crippen LogP contribution in [0.15, 0.2) is 29.4 Å². The van der Waals surface area contributed by atoms with Crippen molar-refractivity contribution in [3.05, 3.63) is 34.4 Å². The van der Waals surface area contributed by atoms with Gasteiger partial charge in [-0.2, -0.15) is 0 Å². The minimum absolute atomic E-state index is 0.111. The van der Waals surface area contributed by atoms with Crippen LogP contribution in [0.4, 0.5) is 5.69 Å². The van der Waals surface area contributed by atoms with Crippen LogP contribution in [-0.2, 0) is 9.63 Å². The average Bonchev–Trinajstić information content (AvgIpc) is 2.34. The third-order valence-electron chi connectivity index (χ3n) is 1.86. The maximum absolute atomic E-state index is 10.8. The molecule has 1 unspecified atom stereocenters. The van der Waals surface area contributed by atoms with Crippen LogP contribution in [0.2, 0.25) is 0 Å². The first-order valence-electron chi connectivity index (χ1n) is 4.75. The normalized spacial score (nSPS) is 12.1. The summed E-state index contributed by atoms with van der Waals surface area (Å²) in [5.41, 5.74) is -0.111. The van der Waals surface area contributed by atoms with E-state index in [2.05, 4.69) is 9.99 Å². The molecule has 18 heavy (non-hydrogen) atoms. The first kappa shape index (κ1) is 13.4. The second-order valence-electron chi connectivity index (χ2n) is 3.06. The van der Waals surface area contributed by atoms with Crippen LogP contribution in [-0.4, -0.2) is 35.4 Å². The van der Waals surface area contributed by atoms with Gasteiger partial charge in [0.25, 0.3) is 5.69 Å².